The first-order valence-electron chi connectivity index (χ1n) is 9.05. The molecule has 0 spiro atoms. The summed E-state index contributed by atoms with van der Waals surface area (Å²) in [5.41, 5.74) is -0.884. The number of nitrogens with zero attached hydrogens (tertiary/aromatic N) is 2. The van der Waals surface area contributed by atoms with E-state index in [0.29, 0.717) is 23.6 Å². The van der Waals surface area contributed by atoms with E-state index in [4.69, 9.17) is 4.74 Å². The van der Waals surface area contributed by atoms with Crippen molar-refractivity contribution in [3.8, 4) is 11.4 Å². The second-order valence-corrected chi connectivity index (χ2v) is 6.18. The lowest BCUT2D eigenvalue weighted by atomic mass is 10.2. The fourth-order valence-corrected chi connectivity index (χ4v) is 2.80. The van der Waals surface area contributed by atoms with Crippen molar-refractivity contribution in [3.63, 3.8) is 0 Å². The van der Waals surface area contributed by atoms with Crippen LogP contribution in [0.25, 0.3) is 5.69 Å². The fourth-order valence-electron chi connectivity index (χ4n) is 2.80. The standard InChI is InChI=1S/C21H20FN3O4/c1-2-29-18-10-6-5-9-17(18)25-12-11-24(20(27)21(25)28)14-19(26)23-13-15-7-3-4-8-16(15)22/h3-12H,2,13-14H2,1H3,(H,23,26). The maximum atomic E-state index is 13.6. The number of halogens is 1. The number of ether oxygens (including phenoxy) is 1. The van der Waals surface area contributed by atoms with Crippen LogP contribution in [-0.2, 0) is 17.9 Å². The Hall–Kier alpha value is -3.68. The molecule has 0 saturated carbocycles. The molecule has 0 fully saturated rings. The van der Waals surface area contributed by atoms with Gasteiger partial charge in [0, 0.05) is 24.5 Å². The Balaban J connectivity index is 1.78. The molecular weight excluding hydrogens is 377 g/mol. The minimum atomic E-state index is -0.847. The average molecular weight is 397 g/mol. The van der Waals surface area contributed by atoms with E-state index in [2.05, 4.69) is 5.32 Å². The van der Waals surface area contributed by atoms with Crippen LogP contribution < -0.4 is 21.2 Å². The summed E-state index contributed by atoms with van der Waals surface area (Å²) in [6.45, 7) is 1.86. The Morgan fingerprint density at radius 3 is 2.52 bits per heavy atom. The van der Waals surface area contributed by atoms with E-state index in [1.807, 2.05) is 6.92 Å². The minimum absolute atomic E-state index is 0.0148. The molecule has 1 N–H and O–H groups in total. The van der Waals surface area contributed by atoms with Gasteiger partial charge in [0.1, 0.15) is 18.1 Å². The normalized spacial score (nSPS) is 10.6. The van der Waals surface area contributed by atoms with Crippen molar-refractivity contribution in [2.24, 2.45) is 0 Å². The predicted octanol–water partition coefficient (Wildman–Crippen LogP) is 1.85. The highest BCUT2D eigenvalue weighted by atomic mass is 19.1. The first kappa shape index (κ1) is 20.1. The second-order valence-electron chi connectivity index (χ2n) is 6.18. The van der Waals surface area contributed by atoms with Crippen molar-refractivity contribution in [2.75, 3.05) is 6.61 Å². The molecule has 0 radical (unpaired) electrons. The van der Waals surface area contributed by atoms with Crippen molar-refractivity contribution in [3.05, 3.63) is 93.0 Å². The summed E-state index contributed by atoms with van der Waals surface area (Å²) in [7, 11) is 0. The highest BCUT2D eigenvalue weighted by Gasteiger charge is 2.13. The van der Waals surface area contributed by atoms with Gasteiger partial charge < -0.3 is 10.1 Å². The van der Waals surface area contributed by atoms with Crippen LogP contribution in [0.4, 0.5) is 4.39 Å². The van der Waals surface area contributed by atoms with E-state index >= 15 is 0 Å². The van der Waals surface area contributed by atoms with Gasteiger partial charge in [0.15, 0.2) is 0 Å². The first-order valence-corrected chi connectivity index (χ1v) is 9.05. The number of para-hydroxylation sites is 2. The lowest BCUT2D eigenvalue weighted by Gasteiger charge is -2.13. The van der Waals surface area contributed by atoms with Crippen molar-refractivity contribution >= 4 is 5.91 Å². The maximum absolute atomic E-state index is 13.6. The molecule has 0 aliphatic rings. The van der Waals surface area contributed by atoms with Crippen LogP contribution in [0.1, 0.15) is 12.5 Å². The first-order chi connectivity index (χ1) is 14.0. The minimum Gasteiger partial charge on any atom is -0.492 e. The number of amides is 1. The van der Waals surface area contributed by atoms with Crippen LogP contribution in [0.2, 0.25) is 0 Å². The number of rotatable bonds is 7. The summed E-state index contributed by atoms with van der Waals surface area (Å²) in [6, 6.07) is 12.9. The van der Waals surface area contributed by atoms with Gasteiger partial charge in [-0.3, -0.25) is 23.5 Å². The molecule has 3 rings (SSSR count). The summed E-state index contributed by atoms with van der Waals surface area (Å²) in [5.74, 6) is -0.473. The molecule has 1 amide bonds. The molecule has 29 heavy (non-hydrogen) atoms. The van der Waals surface area contributed by atoms with Crippen molar-refractivity contribution in [1.29, 1.82) is 0 Å². The lowest BCUT2D eigenvalue weighted by Crippen LogP contribution is -2.42. The number of aromatic nitrogens is 2. The largest absolute Gasteiger partial charge is 0.492 e. The maximum Gasteiger partial charge on any atom is 0.321 e. The van der Waals surface area contributed by atoms with Gasteiger partial charge in [-0.15, -0.1) is 0 Å². The SMILES string of the molecule is CCOc1ccccc1-n1ccn(CC(=O)NCc2ccccc2F)c(=O)c1=O. The molecule has 0 saturated heterocycles. The van der Waals surface area contributed by atoms with Crippen molar-refractivity contribution < 1.29 is 13.9 Å². The van der Waals surface area contributed by atoms with Crippen molar-refractivity contribution in [2.45, 2.75) is 20.0 Å². The summed E-state index contributed by atoms with van der Waals surface area (Å²) < 4.78 is 21.3. The number of benzene rings is 2. The fraction of sp³-hybridized carbons (Fsp3) is 0.190. The molecule has 150 valence electrons. The monoisotopic (exact) mass is 397 g/mol. The average Bonchev–Trinajstić information content (AvgIpc) is 2.72. The van der Waals surface area contributed by atoms with Gasteiger partial charge in [-0.25, -0.2) is 4.39 Å². The Bertz CT molecular complexity index is 1140. The third-order valence-corrected chi connectivity index (χ3v) is 4.23. The summed E-state index contributed by atoms with van der Waals surface area (Å²) in [4.78, 5) is 37.1. The van der Waals surface area contributed by atoms with Crippen LogP contribution in [0.3, 0.4) is 0 Å². The molecule has 0 bridgehead atoms. The van der Waals surface area contributed by atoms with Gasteiger partial charge in [-0.05, 0) is 25.1 Å². The van der Waals surface area contributed by atoms with Crippen LogP contribution >= 0.6 is 0 Å². The van der Waals surface area contributed by atoms with Gasteiger partial charge >= 0.3 is 11.1 Å². The molecule has 3 aromatic rings. The number of nitrogens with one attached hydrogen (secondary N) is 1. The lowest BCUT2D eigenvalue weighted by molar-refractivity contribution is -0.121. The Kier molecular flexibility index (Phi) is 6.23. The molecule has 0 aliphatic carbocycles. The topological polar surface area (TPSA) is 82.3 Å². The second kappa shape index (κ2) is 9.01. The highest BCUT2D eigenvalue weighted by molar-refractivity contribution is 5.75. The van der Waals surface area contributed by atoms with Gasteiger partial charge in [0.2, 0.25) is 5.91 Å². The molecular formula is C21H20FN3O4. The van der Waals surface area contributed by atoms with E-state index in [1.165, 1.54) is 23.0 Å². The molecule has 0 unspecified atom stereocenters. The zero-order chi connectivity index (χ0) is 20.8. The molecule has 2 aromatic carbocycles. The number of carbonyl (C=O) groups excluding carboxylic acids is 1. The highest BCUT2D eigenvalue weighted by Crippen LogP contribution is 2.20. The Morgan fingerprint density at radius 2 is 1.76 bits per heavy atom. The predicted molar refractivity (Wildman–Crippen MR) is 106 cm³/mol. The van der Waals surface area contributed by atoms with Crippen LogP contribution in [0, 0.1) is 5.82 Å². The Labute approximate surface area is 166 Å². The van der Waals surface area contributed by atoms with E-state index in [1.54, 1.807) is 42.5 Å². The molecule has 1 heterocycles. The molecule has 0 aliphatic heterocycles. The Morgan fingerprint density at radius 1 is 1.03 bits per heavy atom. The van der Waals surface area contributed by atoms with Gasteiger partial charge in [0.05, 0.1) is 12.3 Å². The summed E-state index contributed by atoms with van der Waals surface area (Å²) >= 11 is 0. The van der Waals surface area contributed by atoms with E-state index in [9.17, 15) is 18.8 Å². The zero-order valence-electron chi connectivity index (χ0n) is 15.8. The quantitative estimate of drug-likeness (QED) is 0.617. The molecule has 7 nitrogen and oxygen atoms in total. The number of carbonyl (C=O) groups is 1. The van der Waals surface area contributed by atoms with E-state index in [-0.39, 0.29) is 13.1 Å². The summed E-state index contributed by atoms with van der Waals surface area (Å²) in [5, 5.41) is 2.54. The van der Waals surface area contributed by atoms with E-state index < -0.39 is 22.8 Å². The van der Waals surface area contributed by atoms with Gasteiger partial charge in [0.25, 0.3) is 0 Å². The van der Waals surface area contributed by atoms with Gasteiger partial charge in [-0.2, -0.15) is 0 Å². The van der Waals surface area contributed by atoms with E-state index in [0.717, 1.165) is 4.57 Å². The number of hydrogen-bond donors (Lipinski definition) is 1. The number of hydrogen-bond acceptors (Lipinski definition) is 4. The molecule has 8 heteroatoms. The molecule has 0 atom stereocenters. The van der Waals surface area contributed by atoms with Crippen LogP contribution in [0.5, 0.6) is 5.75 Å². The molecule has 1 aromatic heterocycles. The van der Waals surface area contributed by atoms with Gasteiger partial charge in [-0.1, -0.05) is 30.3 Å². The summed E-state index contributed by atoms with van der Waals surface area (Å²) in [6.07, 6.45) is 2.76. The third kappa shape index (κ3) is 4.60. The zero-order valence-corrected chi connectivity index (χ0v) is 15.8. The van der Waals surface area contributed by atoms with Crippen LogP contribution in [-0.4, -0.2) is 21.6 Å². The third-order valence-electron chi connectivity index (χ3n) is 4.23. The van der Waals surface area contributed by atoms with Crippen molar-refractivity contribution in [1.82, 2.24) is 14.5 Å². The van der Waals surface area contributed by atoms with Crippen LogP contribution in [0.15, 0.2) is 70.5 Å². The smallest absolute Gasteiger partial charge is 0.321 e.